The zero-order valence-corrected chi connectivity index (χ0v) is 12.3. The van der Waals surface area contributed by atoms with Crippen molar-refractivity contribution in [3.8, 4) is 0 Å². The van der Waals surface area contributed by atoms with Crippen molar-refractivity contribution >= 4 is 28.3 Å². The second-order valence-electron chi connectivity index (χ2n) is 6.63. The fourth-order valence-corrected chi connectivity index (χ4v) is 3.53. The van der Waals surface area contributed by atoms with Gasteiger partial charge in [0.1, 0.15) is 0 Å². The first-order chi connectivity index (χ1) is 9.98. The molecule has 4 nitrogen and oxygen atoms in total. The first-order valence-corrected chi connectivity index (χ1v) is 7.52. The zero-order valence-electron chi connectivity index (χ0n) is 12.3. The minimum atomic E-state index is -0.511. The number of benzene rings is 1. The van der Waals surface area contributed by atoms with Gasteiger partial charge < -0.3 is 10.3 Å². The van der Waals surface area contributed by atoms with Crippen molar-refractivity contribution in [3.05, 3.63) is 29.0 Å². The molecule has 21 heavy (non-hydrogen) atoms. The number of carbonyl (C=O) groups is 2. The third kappa shape index (κ3) is 1.62. The molecule has 1 amide bonds. The molecular weight excluding hydrogens is 264 g/mol. The summed E-state index contributed by atoms with van der Waals surface area (Å²) in [5.41, 5.74) is 4.23. The number of carbonyl (C=O) groups excluding carboxylic acids is 2. The fraction of sp³-hybridized carbons (Fsp3) is 0.412. The van der Waals surface area contributed by atoms with Crippen LogP contribution >= 0.6 is 0 Å². The molecule has 4 rings (SSSR count). The van der Waals surface area contributed by atoms with E-state index in [9.17, 15) is 9.59 Å². The number of hydrogen-bond donors (Lipinski definition) is 2. The lowest BCUT2D eigenvalue weighted by Gasteiger charge is -2.15. The van der Waals surface area contributed by atoms with Crippen LogP contribution in [-0.2, 0) is 16.6 Å². The van der Waals surface area contributed by atoms with E-state index in [2.05, 4.69) is 16.4 Å². The molecule has 0 bridgehead atoms. The SMILES string of the molecule is CC1(C)C(=O)Nc2cc3[nH]c4c(c3cc21)CCCCC4=O. The van der Waals surface area contributed by atoms with E-state index in [0.717, 1.165) is 52.7 Å². The van der Waals surface area contributed by atoms with E-state index in [4.69, 9.17) is 0 Å². The van der Waals surface area contributed by atoms with Crippen LogP contribution in [0, 0.1) is 0 Å². The van der Waals surface area contributed by atoms with Crippen molar-refractivity contribution in [2.75, 3.05) is 5.32 Å². The van der Waals surface area contributed by atoms with Crippen LogP contribution < -0.4 is 5.32 Å². The van der Waals surface area contributed by atoms with Gasteiger partial charge in [0, 0.05) is 23.0 Å². The summed E-state index contributed by atoms with van der Waals surface area (Å²) in [7, 11) is 0. The number of ketones is 1. The van der Waals surface area contributed by atoms with E-state index in [0.29, 0.717) is 6.42 Å². The first kappa shape index (κ1) is 12.6. The Bertz CT molecular complexity index is 799. The van der Waals surface area contributed by atoms with Gasteiger partial charge in [-0.25, -0.2) is 0 Å². The molecule has 0 saturated carbocycles. The maximum Gasteiger partial charge on any atom is 0.234 e. The number of amides is 1. The molecule has 0 saturated heterocycles. The molecule has 1 aromatic carbocycles. The predicted molar refractivity (Wildman–Crippen MR) is 81.8 cm³/mol. The molecule has 0 spiro atoms. The number of aromatic nitrogens is 1. The van der Waals surface area contributed by atoms with E-state index in [1.807, 2.05) is 19.9 Å². The number of H-pyrrole nitrogens is 1. The molecule has 1 aliphatic heterocycles. The van der Waals surface area contributed by atoms with Crippen molar-refractivity contribution in [1.82, 2.24) is 4.98 Å². The highest BCUT2D eigenvalue weighted by molar-refractivity contribution is 6.10. The maximum absolute atomic E-state index is 12.2. The number of Topliss-reactive ketones (excluding diaryl/α,β-unsaturated/α-hetero) is 1. The standard InChI is InChI=1S/C17H18N2O2/c1-17(2)11-7-10-9-5-3-4-6-14(20)15(9)18-12(10)8-13(11)19-16(17)21/h7-8,18H,3-6H2,1-2H3,(H,19,21). The number of hydrogen-bond acceptors (Lipinski definition) is 2. The number of fused-ring (bicyclic) bond motifs is 4. The van der Waals surface area contributed by atoms with Gasteiger partial charge in [-0.15, -0.1) is 0 Å². The number of aryl methyl sites for hydroxylation is 1. The zero-order chi connectivity index (χ0) is 14.8. The molecule has 4 heteroatoms. The van der Waals surface area contributed by atoms with Crippen molar-refractivity contribution in [2.24, 2.45) is 0 Å². The Balaban J connectivity index is 2.00. The number of nitrogens with one attached hydrogen (secondary N) is 2. The molecule has 0 unspecified atom stereocenters. The monoisotopic (exact) mass is 282 g/mol. The van der Waals surface area contributed by atoms with Crippen LogP contribution in [0.25, 0.3) is 10.9 Å². The molecule has 0 radical (unpaired) electrons. The lowest BCUT2D eigenvalue weighted by Crippen LogP contribution is -2.26. The summed E-state index contributed by atoms with van der Waals surface area (Å²) in [6.45, 7) is 3.88. The van der Waals surface area contributed by atoms with E-state index in [1.165, 1.54) is 0 Å². The second-order valence-corrected chi connectivity index (χ2v) is 6.63. The van der Waals surface area contributed by atoms with E-state index in [1.54, 1.807) is 0 Å². The van der Waals surface area contributed by atoms with Crippen LogP contribution in [-0.4, -0.2) is 16.7 Å². The minimum absolute atomic E-state index is 0.0346. The average molecular weight is 282 g/mol. The third-order valence-electron chi connectivity index (χ3n) is 4.89. The summed E-state index contributed by atoms with van der Waals surface area (Å²) in [6.07, 6.45) is 3.56. The number of anilines is 1. The highest BCUT2D eigenvalue weighted by atomic mass is 16.2. The predicted octanol–water partition coefficient (Wildman–Crippen LogP) is 3.31. The Labute approximate surface area is 122 Å². The van der Waals surface area contributed by atoms with E-state index < -0.39 is 5.41 Å². The third-order valence-corrected chi connectivity index (χ3v) is 4.89. The Morgan fingerprint density at radius 1 is 1.10 bits per heavy atom. The normalized spacial score (nSPS) is 20.1. The topological polar surface area (TPSA) is 62.0 Å². The van der Waals surface area contributed by atoms with Crippen LogP contribution in [0.4, 0.5) is 5.69 Å². The minimum Gasteiger partial charge on any atom is -0.352 e. The molecule has 0 fully saturated rings. The molecule has 1 aliphatic carbocycles. The molecule has 2 N–H and O–H groups in total. The van der Waals surface area contributed by atoms with E-state index in [-0.39, 0.29) is 11.7 Å². The van der Waals surface area contributed by atoms with Crippen molar-refractivity contribution in [3.63, 3.8) is 0 Å². The summed E-state index contributed by atoms with van der Waals surface area (Å²) < 4.78 is 0. The molecular formula is C17H18N2O2. The Morgan fingerprint density at radius 2 is 1.86 bits per heavy atom. The molecule has 0 atom stereocenters. The van der Waals surface area contributed by atoms with Gasteiger partial charge in [-0.3, -0.25) is 9.59 Å². The van der Waals surface area contributed by atoms with Gasteiger partial charge in [0.05, 0.1) is 11.1 Å². The van der Waals surface area contributed by atoms with Gasteiger partial charge in [-0.05, 0) is 56.4 Å². The lowest BCUT2D eigenvalue weighted by molar-refractivity contribution is -0.119. The molecule has 2 aliphatic rings. The molecule has 108 valence electrons. The Morgan fingerprint density at radius 3 is 2.67 bits per heavy atom. The van der Waals surface area contributed by atoms with Gasteiger partial charge >= 0.3 is 0 Å². The second kappa shape index (κ2) is 3.97. The largest absolute Gasteiger partial charge is 0.352 e. The summed E-state index contributed by atoms with van der Waals surface area (Å²) in [5.74, 6) is 0.245. The quantitative estimate of drug-likeness (QED) is 0.728. The molecule has 1 aromatic heterocycles. The van der Waals surface area contributed by atoms with Crippen molar-refractivity contribution in [1.29, 1.82) is 0 Å². The molecule has 2 heterocycles. The fourth-order valence-electron chi connectivity index (χ4n) is 3.53. The lowest BCUT2D eigenvalue weighted by atomic mass is 9.85. The van der Waals surface area contributed by atoms with Gasteiger partial charge in [0.2, 0.25) is 5.91 Å². The van der Waals surface area contributed by atoms with E-state index >= 15 is 0 Å². The van der Waals surface area contributed by atoms with Gasteiger partial charge in [0.25, 0.3) is 0 Å². The summed E-state index contributed by atoms with van der Waals surface area (Å²) in [5, 5.41) is 4.04. The van der Waals surface area contributed by atoms with Crippen LogP contribution in [0.2, 0.25) is 0 Å². The summed E-state index contributed by atoms with van der Waals surface area (Å²) in [4.78, 5) is 27.6. The highest BCUT2D eigenvalue weighted by Gasteiger charge is 2.39. The molecule has 2 aromatic rings. The smallest absolute Gasteiger partial charge is 0.234 e. The van der Waals surface area contributed by atoms with Gasteiger partial charge in [-0.2, -0.15) is 0 Å². The Kier molecular flexibility index (Phi) is 2.39. The first-order valence-electron chi connectivity index (χ1n) is 7.52. The highest BCUT2D eigenvalue weighted by Crippen LogP contribution is 2.41. The van der Waals surface area contributed by atoms with Crippen molar-refractivity contribution in [2.45, 2.75) is 44.9 Å². The van der Waals surface area contributed by atoms with Crippen LogP contribution in [0.15, 0.2) is 12.1 Å². The van der Waals surface area contributed by atoms with Crippen molar-refractivity contribution < 1.29 is 9.59 Å². The Hall–Kier alpha value is -2.10. The maximum atomic E-state index is 12.2. The number of rotatable bonds is 0. The van der Waals surface area contributed by atoms with Crippen LogP contribution in [0.3, 0.4) is 0 Å². The van der Waals surface area contributed by atoms with Gasteiger partial charge in [0.15, 0.2) is 5.78 Å². The number of aromatic amines is 1. The summed E-state index contributed by atoms with van der Waals surface area (Å²) in [6, 6.07) is 4.07. The summed E-state index contributed by atoms with van der Waals surface area (Å²) >= 11 is 0. The van der Waals surface area contributed by atoms with Gasteiger partial charge in [-0.1, -0.05) is 0 Å². The average Bonchev–Trinajstić information content (AvgIpc) is 2.82. The van der Waals surface area contributed by atoms with Crippen LogP contribution in [0.1, 0.15) is 54.7 Å². The van der Waals surface area contributed by atoms with Crippen LogP contribution in [0.5, 0.6) is 0 Å².